The van der Waals surface area contributed by atoms with Gasteiger partial charge in [-0.3, -0.25) is 4.79 Å². The Labute approximate surface area is 116 Å². The number of rotatable bonds is 6. The van der Waals surface area contributed by atoms with Crippen molar-refractivity contribution in [1.29, 1.82) is 0 Å². The Morgan fingerprint density at radius 3 is 2.50 bits per heavy atom. The third kappa shape index (κ3) is 4.66. The topological polar surface area (TPSA) is 50.4 Å². The van der Waals surface area contributed by atoms with Gasteiger partial charge in [0.05, 0.1) is 13.2 Å². The smallest absolute Gasteiger partial charge is 0.239 e. The molecular weight excluding hydrogens is 296 g/mol. The molecule has 100 valence electrons. The largest absolute Gasteiger partial charge is 0.383 e. The molecule has 1 aromatic rings. The van der Waals surface area contributed by atoms with Crippen molar-refractivity contribution in [3.63, 3.8) is 0 Å². The van der Waals surface area contributed by atoms with Crippen molar-refractivity contribution in [1.82, 2.24) is 5.32 Å². The Bertz CT molecular complexity index is 398. The summed E-state index contributed by atoms with van der Waals surface area (Å²) in [5, 5.41) is 5.93. The van der Waals surface area contributed by atoms with Gasteiger partial charge in [-0.25, -0.2) is 0 Å². The fourth-order valence-electron chi connectivity index (χ4n) is 1.71. The third-order valence-electron chi connectivity index (χ3n) is 2.55. The zero-order chi connectivity index (χ0) is 13.5. The fourth-order valence-corrected chi connectivity index (χ4v) is 2.40. The molecule has 0 saturated heterocycles. The molecule has 0 aliphatic rings. The molecule has 0 heterocycles. The lowest BCUT2D eigenvalue weighted by atomic mass is 10.1. The van der Waals surface area contributed by atoms with E-state index in [0.29, 0.717) is 13.2 Å². The molecule has 5 heteroatoms. The standard InChI is InChI=1S/C13H19BrN2O2/c1-9-6-11(14)7-10(2)13(9)16-8-12(17)15-4-5-18-3/h6-7,16H,4-5,8H2,1-3H3,(H,15,17). The Morgan fingerprint density at radius 2 is 1.94 bits per heavy atom. The summed E-state index contributed by atoms with van der Waals surface area (Å²) in [5.74, 6) is -0.0335. The molecule has 1 amide bonds. The number of carbonyl (C=O) groups is 1. The Morgan fingerprint density at radius 1 is 1.33 bits per heavy atom. The molecule has 1 aromatic carbocycles. The van der Waals surface area contributed by atoms with E-state index >= 15 is 0 Å². The lowest BCUT2D eigenvalue weighted by Crippen LogP contribution is -2.32. The summed E-state index contributed by atoms with van der Waals surface area (Å²) in [6.45, 7) is 5.37. The van der Waals surface area contributed by atoms with E-state index in [9.17, 15) is 4.79 Å². The van der Waals surface area contributed by atoms with Crippen LogP contribution in [0.1, 0.15) is 11.1 Å². The van der Waals surface area contributed by atoms with Crippen LogP contribution in [-0.4, -0.2) is 32.7 Å². The van der Waals surface area contributed by atoms with E-state index in [1.165, 1.54) is 0 Å². The van der Waals surface area contributed by atoms with Gasteiger partial charge >= 0.3 is 0 Å². The lowest BCUT2D eigenvalue weighted by Gasteiger charge is -2.13. The number of hydrogen-bond acceptors (Lipinski definition) is 3. The number of halogens is 1. The summed E-state index contributed by atoms with van der Waals surface area (Å²) < 4.78 is 5.91. The number of hydrogen-bond donors (Lipinski definition) is 2. The van der Waals surface area contributed by atoms with Gasteiger partial charge in [0.1, 0.15) is 0 Å². The maximum absolute atomic E-state index is 11.5. The van der Waals surface area contributed by atoms with Crippen molar-refractivity contribution < 1.29 is 9.53 Å². The normalized spacial score (nSPS) is 10.2. The molecule has 0 bridgehead atoms. The van der Waals surface area contributed by atoms with Crippen molar-refractivity contribution in [3.8, 4) is 0 Å². The quantitative estimate of drug-likeness (QED) is 0.792. The summed E-state index contributed by atoms with van der Waals surface area (Å²) in [5.41, 5.74) is 3.25. The summed E-state index contributed by atoms with van der Waals surface area (Å²) in [6, 6.07) is 4.05. The van der Waals surface area contributed by atoms with Gasteiger partial charge in [0.25, 0.3) is 0 Å². The van der Waals surface area contributed by atoms with Crippen LogP contribution in [0.25, 0.3) is 0 Å². The first-order valence-corrected chi connectivity index (χ1v) is 6.60. The summed E-state index contributed by atoms with van der Waals surface area (Å²) in [4.78, 5) is 11.5. The fraction of sp³-hybridized carbons (Fsp3) is 0.462. The van der Waals surface area contributed by atoms with E-state index in [1.54, 1.807) is 7.11 Å². The van der Waals surface area contributed by atoms with E-state index in [-0.39, 0.29) is 12.5 Å². The molecule has 0 aliphatic carbocycles. The Hall–Kier alpha value is -1.07. The van der Waals surface area contributed by atoms with Gasteiger partial charge in [0.15, 0.2) is 0 Å². The minimum atomic E-state index is -0.0335. The highest BCUT2D eigenvalue weighted by Gasteiger charge is 2.06. The molecule has 0 aromatic heterocycles. The second-order valence-corrected chi connectivity index (χ2v) is 5.03. The van der Waals surface area contributed by atoms with E-state index in [4.69, 9.17) is 4.74 Å². The predicted molar refractivity (Wildman–Crippen MR) is 77.0 cm³/mol. The van der Waals surface area contributed by atoms with Crippen LogP contribution in [0.15, 0.2) is 16.6 Å². The average molecular weight is 315 g/mol. The van der Waals surface area contributed by atoms with Crippen LogP contribution >= 0.6 is 15.9 Å². The first-order valence-electron chi connectivity index (χ1n) is 5.81. The first-order chi connectivity index (χ1) is 8.54. The van der Waals surface area contributed by atoms with Crippen LogP contribution in [0.4, 0.5) is 5.69 Å². The van der Waals surface area contributed by atoms with Gasteiger partial charge in [-0.15, -0.1) is 0 Å². The first kappa shape index (κ1) is 15.0. The van der Waals surface area contributed by atoms with Gasteiger partial charge in [0, 0.05) is 23.8 Å². The lowest BCUT2D eigenvalue weighted by molar-refractivity contribution is -0.119. The number of amides is 1. The van der Waals surface area contributed by atoms with Crippen molar-refractivity contribution in [2.45, 2.75) is 13.8 Å². The van der Waals surface area contributed by atoms with Gasteiger partial charge in [0.2, 0.25) is 5.91 Å². The van der Waals surface area contributed by atoms with E-state index in [0.717, 1.165) is 21.3 Å². The summed E-state index contributed by atoms with van der Waals surface area (Å²) in [6.07, 6.45) is 0. The molecule has 0 saturated carbocycles. The van der Waals surface area contributed by atoms with E-state index in [1.807, 2.05) is 26.0 Å². The zero-order valence-corrected chi connectivity index (χ0v) is 12.6. The number of aryl methyl sites for hydroxylation is 2. The van der Waals surface area contributed by atoms with Crippen LogP contribution < -0.4 is 10.6 Å². The number of carbonyl (C=O) groups excluding carboxylic acids is 1. The number of methoxy groups -OCH3 is 1. The summed E-state index contributed by atoms with van der Waals surface area (Å²) in [7, 11) is 1.61. The maximum atomic E-state index is 11.5. The maximum Gasteiger partial charge on any atom is 0.239 e. The zero-order valence-electron chi connectivity index (χ0n) is 11.0. The molecule has 18 heavy (non-hydrogen) atoms. The van der Waals surface area contributed by atoms with Crippen molar-refractivity contribution in [3.05, 3.63) is 27.7 Å². The van der Waals surface area contributed by atoms with Crippen molar-refractivity contribution in [2.75, 3.05) is 32.1 Å². The van der Waals surface area contributed by atoms with Gasteiger partial charge in [-0.1, -0.05) is 15.9 Å². The molecule has 0 unspecified atom stereocenters. The van der Waals surface area contributed by atoms with E-state index < -0.39 is 0 Å². The van der Waals surface area contributed by atoms with Gasteiger partial charge in [-0.05, 0) is 37.1 Å². The number of ether oxygens (including phenoxy) is 1. The highest BCUT2D eigenvalue weighted by atomic mass is 79.9. The molecule has 4 nitrogen and oxygen atoms in total. The van der Waals surface area contributed by atoms with Crippen LogP contribution in [-0.2, 0) is 9.53 Å². The molecular formula is C13H19BrN2O2. The molecule has 0 fully saturated rings. The highest BCUT2D eigenvalue weighted by Crippen LogP contribution is 2.24. The van der Waals surface area contributed by atoms with Crippen molar-refractivity contribution in [2.24, 2.45) is 0 Å². The van der Waals surface area contributed by atoms with E-state index in [2.05, 4.69) is 26.6 Å². The van der Waals surface area contributed by atoms with Crippen LogP contribution in [0.2, 0.25) is 0 Å². The number of anilines is 1. The molecule has 0 spiro atoms. The van der Waals surface area contributed by atoms with Crippen LogP contribution in [0.3, 0.4) is 0 Å². The minimum absolute atomic E-state index is 0.0335. The number of nitrogens with one attached hydrogen (secondary N) is 2. The molecule has 0 aliphatic heterocycles. The molecule has 2 N–H and O–H groups in total. The monoisotopic (exact) mass is 314 g/mol. The minimum Gasteiger partial charge on any atom is -0.383 e. The second-order valence-electron chi connectivity index (χ2n) is 4.11. The molecule has 1 rings (SSSR count). The predicted octanol–water partition coefficient (Wildman–Crippen LogP) is 2.24. The molecule has 0 atom stereocenters. The third-order valence-corrected chi connectivity index (χ3v) is 3.01. The molecule has 0 radical (unpaired) electrons. The second kappa shape index (κ2) is 7.38. The van der Waals surface area contributed by atoms with Crippen LogP contribution in [0.5, 0.6) is 0 Å². The van der Waals surface area contributed by atoms with Crippen LogP contribution in [0, 0.1) is 13.8 Å². The Balaban J connectivity index is 2.51. The Kier molecular flexibility index (Phi) is 6.15. The van der Waals surface area contributed by atoms with Crippen molar-refractivity contribution >= 4 is 27.5 Å². The highest BCUT2D eigenvalue weighted by molar-refractivity contribution is 9.10. The van der Waals surface area contributed by atoms with Gasteiger partial charge in [-0.2, -0.15) is 0 Å². The van der Waals surface area contributed by atoms with Gasteiger partial charge < -0.3 is 15.4 Å². The summed E-state index contributed by atoms with van der Waals surface area (Å²) >= 11 is 3.45. The SMILES string of the molecule is COCCNC(=O)CNc1c(C)cc(Br)cc1C. The number of benzene rings is 1. The average Bonchev–Trinajstić information content (AvgIpc) is 2.27.